The molecule has 1 fully saturated rings. The third-order valence-electron chi connectivity index (χ3n) is 4.71. The van der Waals surface area contributed by atoms with Crippen LogP contribution >= 0.6 is 0 Å². The van der Waals surface area contributed by atoms with Gasteiger partial charge >= 0.3 is 0 Å². The van der Waals surface area contributed by atoms with Crippen LogP contribution in [0.2, 0.25) is 0 Å². The molecular weight excluding hydrogens is 326 g/mol. The average molecular weight is 351 g/mol. The second-order valence-electron chi connectivity index (χ2n) is 7.18. The van der Waals surface area contributed by atoms with Crippen LogP contribution in [0.15, 0.2) is 36.5 Å². The number of piperidine rings is 1. The number of carbonyl (C=O) groups is 2. The van der Waals surface area contributed by atoms with Crippen LogP contribution < -0.4 is 5.32 Å². The monoisotopic (exact) mass is 351 g/mol. The van der Waals surface area contributed by atoms with E-state index in [1.165, 1.54) is 0 Å². The predicted molar refractivity (Wildman–Crippen MR) is 102 cm³/mol. The summed E-state index contributed by atoms with van der Waals surface area (Å²) in [6.07, 6.45) is 3.34. The minimum Gasteiger partial charge on any atom is -0.338 e. The highest BCUT2D eigenvalue weighted by Crippen LogP contribution is 2.21. The number of anilines is 1. The number of pyridine rings is 1. The second kappa shape index (κ2) is 7.68. The van der Waals surface area contributed by atoms with E-state index in [1.807, 2.05) is 39.0 Å². The fraction of sp³-hybridized carbons (Fsp3) is 0.381. The van der Waals surface area contributed by atoms with Crippen molar-refractivity contribution in [2.45, 2.75) is 33.6 Å². The summed E-state index contributed by atoms with van der Waals surface area (Å²) in [5.74, 6) is 0.280. The number of amides is 2. The summed E-state index contributed by atoms with van der Waals surface area (Å²) >= 11 is 0. The molecule has 1 aliphatic rings. The van der Waals surface area contributed by atoms with Gasteiger partial charge in [-0.1, -0.05) is 23.3 Å². The van der Waals surface area contributed by atoms with Crippen LogP contribution in [0.4, 0.5) is 5.82 Å². The highest BCUT2D eigenvalue weighted by atomic mass is 16.2. The standard InChI is InChI=1S/C21H25N3O2/c1-14-6-7-19(22-12-14)23-20(25)17-5-4-8-24(13-17)21(26)18-10-15(2)9-16(3)11-18/h6-7,9-12,17H,4-5,8,13H2,1-3H3,(H,22,23,25). The lowest BCUT2D eigenvalue weighted by Crippen LogP contribution is -2.43. The van der Waals surface area contributed by atoms with Gasteiger partial charge in [0.2, 0.25) is 5.91 Å². The Hall–Kier alpha value is -2.69. The molecule has 5 nitrogen and oxygen atoms in total. The molecule has 1 unspecified atom stereocenters. The first-order valence-corrected chi connectivity index (χ1v) is 9.03. The molecule has 0 aliphatic carbocycles. The Labute approximate surface area is 154 Å². The maximum atomic E-state index is 12.8. The summed E-state index contributed by atoms with van der Waals surface area (Å²) in [4.78, 5) is 31.4. The smallest absolute Gasteiger partial charge is 0.253 e. The Morgan fingerprint density at radius 3 is 2.46 bits per heavy atom. The summed E-state index contributed by atoms with van der Waals surface area (Å²) in [7, 11) is 0. The molecule has 2 aromatic rings. The molecule has 0 spiro atoms. The molecule has 26 heavy (non-hydrogen) atoms. The maximum Gasteiger partial charge on any atom is 0.253 e. The second-order valence-corrected chi connectivity index (χ2v) is 7.18. The first kappa shape index (κ1) is 18.1. The Morgan fingerprint density at radius 2 is 1.81 bits per heavy atom. The van der Waals surface area contributed by atoms with E-state index in [4.69, 9.17) is 0 Å². The Bertz CT molecular complexity index is 794. The van der Waals surface area contributed by atoms with Gasteiger partial charge in [0.25, 0.3) is 5.91 Å². The average Bonchev–Trinajstić information content (AvgIpc) is 2.62. The molecule has 1 aromatic carbocycles. The number of aryl methyl sites for hydroxylation is 3. The van der Waals surface area contributed by atoms with Gasteiger partial charge in [0, 0.05) is 24.8 Å². The van der Waals surface area contributed by atoms with E-state index in [-0.39, 0.29) is 17.7 Å². The molecule has 1 saturated heterocycles. The number of benzene rings is 1. The summed E-state index contributed by atoms with van der Waals surface area (Å²) in [6, 6.07) is 9.59. The highest BCUT2D eigenvalue weighted by Gasteiger charge is 2.29. The van der Waals surface area contributed by atoms with Crippen LogP contribution in [0.5, 0.6) is 0 Å². The van der Waals surface area contributed by atoms with Gasteiger partial charge in [-0.15, -0.1) is 0 Å². The molecule has 1 atom stereocenters. The van der Waals surface area contributed by atoms with Gasteiger partial charge in [-0.05, 0) is 57.4 Å². The van der Waals surface area contributed by atoms with Gasteiger partial charge in [0.1, 0.15) is 5.82 Å². The number of aromatic nitrogens is 1. The first-order valence-electron chi connectivity index (χ1n) is 9.03. The van der Waals surface area contributed by atoms with Crippen LogP contribution in [-0.4, -0.2) is 34.8 Å². The fourth-order valence-electron chi connectivity index (χ4n) is 3.43. The summed E-state index contributed by atoms with van der Waals surface area (Å²) in [5.41, 5.74) is 3.89. The van der Waals surface area contributed by atoms with Crippen LogP contribution in [0.25, 0.3) is 0 Å². The number of likely N-dealkylation sites (tertiary alicyclic amines) is 1. The van der Waals surface area contributed by atoms with Gasteiger partial charge in [0.05, 0.1) is 5.92 Å². The van der Waals surface area contributed by atoms with Crippen molar-refractivity contribution in [1.29, 1.82) is 0 Å². The molecule has 1 N–H and O–H groups in total. The van der Waals surface area contributed by atoms with Crippen molar-refractivity contribution < 1.29 is 9.59 Å². The Balaban J connectivity index is 1.67. The first-order chi connectivity index (χ1) is 12.4. The molecule has 0 radical (unpaired) electrons. The lowest BCUT2D eigenvalue weighted by Gasteiger charge is -2.32. The SMILES string of the molecule is Cc1ccc(NC(=O)C2CCCN(C(=O)c3cc(C)cc(C)c3)C2)nc1. The van der Waals surface area contributed by atoms with Crippen molar-refractivity contribution >= 4 is 17.6 Å². The third kappa shape index (κ3) is 4.28. The zero-order valence-electron chi connectivity index (χ0n) is 15.6. The van der Waals surface area contributed by atoms with Crippen LogP contribution in [0.3, 0.4) is 0 Å². The zero-order chi connectivity index (χ0) is 18.7. The molecular formula is C21H25N3O2. The van der Waals surface area contributed by atoms with E-state index < -0.39 is 0 Å². The van der Waals surface area contributed by atoms with Gasteiger partial charge in [-0.25, -0.2) is 4.98 Å². The minimum absolute atomic E-state index is 0.00256. The van der Waals surface area contributed by atoms with E-state index in [2.05, 4.69) is 16.4 Å². The molecule has 2 heterocycles. The van der Waals surface area contributed by atoms with Gasteiger partial charge < -0.3 is 10.2 Å². The predicted octanol–water partition coefficient (Wildman–Crippen LogP) is 3.50. The van der Waals surface area contributed by atoms with E-state index in [0.717, 1.165) is 29.5 Å². The quantitative estimate of drug-likeness (QED) is 0.921. The van der Waals surface area contributed by atoms with Crippen LogP contribution in [0.1, 0.15) is 39.9 Å². The van der Waals surface area contributed by atoms with Gasteiger partial charge in [0.15, 0.2) is 0 Å². The van der Waals surface area contributed by atoms with Crippen molar-refractivity contribution in [3.63, 3.8) is 0 Å². The van der Waals surface area contributed by atoms with E-state index in [1.54, 1.807) is 17.2 Å². The van der Waals surface area contributed by atoms with E-state index in [9.17, 15) is 9.59 Å². The molecule has 1 aromatic heterocycles. The van der Waals surface area contributed by atoms with Crippen molar-refractivity contribution in [2.24, 2.45) is 5.92 Å². The molecule has 0 bridgehead atoms. The molecule has 1 aliphatic heterocycles. The number of rotatable bonds is 3. The fourth-order valence-corrected chi connectivity index (χ4v) is 3.43. The number of hydrogen-bond donors (Lipinski definition) is 1. The zero-order valence-corrected chi connectivity index (χ0v) is 15.6. The Kier molecular flexibility index (Phi) is 5.35. The number of nitrogens with one attached hydrogen (secondary N) is 1. The highest BCUT2D eigenvalue weighted by molar-refractivity contribution is 5.96. The van der Waals surface area contributed by atoms with Crippen LogP contribution in [0, 0.1) is 26.7 Å². The number of carbonyl (C=O) groups excluding carboxylic acids is 2. The molecule has 2 amide bonds. The lowest BCUT2D eigenvalue weighted by molar-refractivity contribution is -0.121. The maximum absolute atomic E-state index is 12.8. The van der Waals surface area contributed by atoms with Crippen molar-refractivity contribution in [3.8, 4) is 0 Å². The van der Waals surface area contributed by atoms with Crippen LogP contribution in [-0.2, 0) is 4.79 Å². The molecule has 0 saturated carbocycles. The van der Waals surface area contributed by atoms with Gasteiger partial charge in [-0.3, -0.25) is 9.59 Å². The molecule has 136 valence electrons. The largest absolute Gasteiger partial charge is 0.338 e. The van der Waals surface area contributed by atoms with E-state index >= 15 is 0 Å². The van der Waals surface area contributed by atoms with Crippen molar-refractivity contribution in [1.82, 2.24) is 9.88 Å². The summed E-state index contributed by atoms with van der Waals surface area (Å²) < 4.78 is 0. The van der Waals surface area contributed by atoms with Gasteiger partial charge in [-0.2, -0.15) is 0 Å². The van der Waals surface area contributed by atoms with Crippen molar-refractivity contribution in [3.05, 3.63) is 58.8 Å². The lowest BCUT2D eigenvalue weighted by atomic mass is 9.96. The number of nitrogens with zero attached hydrogens (tertiary/aromatic N) is 2. The molecule has 3 rings (SSSR count). The number of hydrogen-bond acceptors (Lipinski definition) is 3. The van der Waals surface area contributed by atoms with E-state index in [0.29, 0.717) is 24.5 Å². The van der Waals surface area contributed by atoms with Crippen molar-refractivity contribution in [2.75, 3.05) is 18.4 Å². The topological polar surface area (TPSA) is 62.3 Å². The third-order valence-corrected chi connectivity index (χ3v) is 4.71. The Morgan fingerprint density at radius 1 is 1.08 bits per heavy atom. The summed E-state index contributed by atoms with van der Waals surface area (Å²) in [6.45, 7) is 7.08. The minimum atomic E-state index is -0.207. The molecule has 5 heteroatoms. The summed E-state index contributed by atoms with van der Waals surface area (Å²) in [5, 5.41) is 2.87. The normalized spacial score (nSPS) is 17.0.